The molecule has 0 saturated carbocycles. The molecule has 2 aromatic carbocycles. The highest BCUT2D eigenvalue weighted by molar-refractivity contribution is 6.35. The lowest BCUT2D eigenvalue weighted by atomic mass is 10.2. The molecule has 0 aliphatic carbocycles. The Kier molecular flexibility index (Phi) is 6.60. The number of carbonyl (C=O) groups is 3. The summed E-state index contributed by atoms with van der Waals surface area (Å²) in [7, 11) is 1.29. The fraction of sp³-hybridized carbons (Fsp3) is 0.167. The van der Waals surface area contributed by atoms with Crippen LogP contribution in [0.15, 0.2) is 42.5 Å². The highest BCUT2D eigenvalue weighted by Gasteiger charge is 2.17. The summed E-state index contributed by atoms with van der Waals surface area (Å²) in [6.07, 6.45) is 0. The summed E-state index contributed by atoms with van der Waals surface area (Å²) in [5, 5.41) is 3.38. The average molecular weight is 395 g/mol. The predicted octanol–water partition coefficient (Wildman–Crippen LogP) is 3.77. The first kappa shape index (κ1) is 19.8. The Hall–Kier alpha value is -2.57. The van der Waals surface area contributed by atoms with Crippen LogP contribution in [0.3, 0.4) is 0 Å². The van der Waals surface area contributed by atoms with Gasteiger partial charge in [0.25, 0.3) is 0 Å². The van der Waals surface area contributed by atoms with Crippen LogP contribution in [0.1, 0.15) is 17.3 Å². The number of rotatable bonds is 5. The quantitative estimate of drug-likeness (QED) is 0.782. The molecular formula is C18H16Cl2N2O4. The van der Waals surface area contributed by atoms with Crippen molar-refractivity contribution in [1.82, 2.24) is 0 Å². The Morgan fingerprint density at radius 2 is 1.62 bits per heavy atom. The normalized spacial score (nSPS) is 10.2. The van der Waals surface area contributed by atoms with Crippen molar-refractivity contribution in [3.63, 3.8) is 0 Å². The minimum atomic E-state index is -0.469. The lowest BCUT2D eigenvalue weighted by Gasteiger charge is -2.21. The second-order valence-electron chi connectivity index (χ2n) is 5.35. The number of carbonyl (C=O) groups excluding carboxylic acids is 3. The number of methoxy groups -OCH3 is 1. The topological polar surface area (TPSA) is 75.7 Å². The Bertz CT molecular complexity index is 817. The van der Waals surface area contributed by atoms with Gasteiger partial charge in [0.1, 0.15) is 6.54 Å². The van der Waals surface area contributed by atoms with Gasteiger partial charge in [0.05, 0.1) is 12.7 Å². The zero-order chi connectivity index (χ0) is 19.3. The molecule has 0 radical (unpaired) electrons. The molecule has 26 heavy (non-hydrogen) atoms. The van der Waals surface area contributed by atoms with E-state index in [4.69, 9.17) is 23.2 Å². The fourth-order valence-corrected chi connectivity index (χ4v) is 2.75. The third-order valence-electron chi connectivity index (χ3n) is 3.43. The van der Waals surface area contributed by atoms with Crippen molar-refractivity contribution in [3.8, 4) is 0 Å². The number of anilines is 2. The Morgan fingerprint density at radius 3 is 2.12 bits per heavy atom. The van der Waals surface area contributed by atoms with Crippen LogP contribution in [0.4, 0.5) is 11.4 Å². The molecule has 0 unspecified atom stereocenters. The predicted molar refractivity (Wildman–Crippen MR) is 101 cm³/mol. The van der Waals surface area contributed by atoms with Gasteiger partial charge >= 0.3 is 5.97 Å². The molecule has 0 fully saturated rings. The largest absolute Gasteiger partial charge is 0.465 e. The lowest BCUT2D eigenvalue weighted by Crippen LogP contribution is -2.36. The molecule has 2 aromatic rings. The van der Waals surface area contributed by atoms with Crippen LogP contribution in [0.5, 0.6) is 0 Å². The van der Waals surface area contributed by atoms with Gasteiger partial charge in [0.15, 0.2) is 0 Å². The molecule has 0 atom stereocenters. The minimum Gasteiger partial charge on any atom is -0.465 e. The van der Waals surface area contributed by atoms with Gasteiger partial charge in [-0.2, -0.15) is 0 Å². The van der Waals surface area contributed by atoms with E-state index < -0.39 is 11.9 Å². The number of hydrogen-bond donors (Lipinski definition) is 1. The molecule has 1 N–H and O–H groups in total. The number of nitrogens with one attached hydrogen (secondary N) is 1. The highest BCUT2D eigenvalue weighted by Crippen LogP contribution is 2.25. The Labute approximate surface area is 160 Å². The fourth-order valence-electron chi connectivity index (χ4n) is 2.23. The van der Waals surface area contributed by atoms with Gasteiger partial charge in [-0.25, -0.2) is 4.79 Å². The van der Waals surface area contributed by atoms with Crippen LogP contribution in [-0.2, 0) is 14.3 Å². The maximum Gasteiger partial charge on any atom is 0.337 e. The summed E-state index contributed by atoms with van der Waals surface area (Å²) >= 11 is 11.9. The first-order valence-corrected chi connectivity index (χ1v) is 8.28. The van der Waals surface area contributed by atoms with E-state index >= 15 is 0 Å². The van der Waals surface area contributed by atoms with Crippen LogP contribution < -0.4 is 10.2 Å². The van der Waals surface area contributed by atoms with E-state index in [9.17, 15) is 14.4 Å². The molecule has 0 spiro atoms. The first-order valence-electron chi connectivity index (χ1n) is 7.52. The number of hydrogen-bond acceptors (Lipinski definition) is 4. The first-order chi connectivity index (χ1) is 12.3. The number of benzene rings is 2. The second-order valence-corrected chi connectivity index (χ2v) is 6.22. The van der Waals surface area contributed by atoms with Gasteiger partial charge in [0, 0.05) is 28.3 Å². The summed E-state index contributed by atoms with van der Waals surface area (Å²) < 4.78 is 4.61. The van der Waals surface area contributed by atoms with E-state index in [1.807, 2.05) is 0 Å². The smallest absolute Gasteiger partial charge is 0.337 e. The Morgan fingerprint density at radius 1 is 1.04 bits per heavy atom. The minimum absolute atomic E-state index is 0.218. The van der Waals surface area contributed by atoms with E-state index in [-0.39, 0.29) is 12.5 Å². The standard InChI is InChI=1S/C18H16Cl2N2O4/c1-11(23)22(16-8-13(19)7-14(20)9-16)10-17(24)21-15-5-3-12(4-6-15)18(25)26-2/h3-9H,10H2,1-2H3,(H,21,24). The average Bonchev–Trinajstić information content (AvgIpc) is 2.58. The molecule has 0 aliphatic rings. The second kappa shape index (κ2) is 8.69. The van der Waals surface area contributed by atoms with E-state index in [0.29, 0.717) is 27.0 Å². The van der Waals surface area contributed by atoms with Gasteiger partial charge in [-0.15, -0.1) is 0 Å². The van der Waals surface area contributed by atoms with Crippen LogP contribution in [0, 0.1) is 0 Å². The maximum absolute atomic E-state index is 12.3. The van der Waals surface area contributed by atoms with Crippen molar-refractivity contribution in [1.29, 1.82) is 0 Å². The summed E-state index contributed by atoms with van der Waals surface area (Å²) in [5.74, 6) is -1.22. The van der Waals surface area contributed by atoms with E-state index in [1.54, 1.807) is 24.3 Å². The third kappa shape index (κ3) is 5.21. The molecule has 0 heterocycles. The zero-order valence-corrected chi connectivity index (χ0v) is 15.6. The Balaban J connectivity index is 2.10. The van der Waals surface area contributed by atoms with Crippen LogP contribution >= 0.6 is 23.2 Å². The summed E-state index contributed by atoms with van der Waals surface area (Å²) in [5.41, 5.74) is 1.27. The van der Waals surface area contributed by atoms with E-state index in [2.05, 4.69) is 10.1 Å². The molecule has 2 rings (SSSR count). The molecule has 0 bridgehead atoms. The van der Waals surface area contributed by atoms with Gasteiger partial charge in [-0.1, -0.05) is 23.2 Å². The number of amides is 2. The van der Waals surface area contributed by atoms with Crippen molar-refractivity contribution < 1.29 is 19.1 Å². The zero-order valence-electron chi connectivity index (χ0n) is 14.1. The maximum atomic E-state index is 12.3. The van der Waals surface area contributed by atoms with Crippen molar-refractivity contribution >= 4 is 52.4 Å². The SMILES string of the molecule is COC(=O)c1ccc(NC(=O)CN(C(C)=O)c2cc(Cl)cc(Cl)c2)cc1. The van der Waals surface area contributed by atoms with Gasteiger partial charge in [-0.3, -0.25) is 9.59 Å². The van der Waals surface area contributed by atoms with Gasteiger partial charge in [0.2, 0.25) is 11.8 Å². The third-order valence-corrected chi connectivity index (χ3v) is 3.87. The molecule has 2 amide bonds. The van der Waals surface area contributed by atoms with Crippen molar-refractivity contribution in [2.75, 3.05) is 23.9 Å². The molecule has 0 saturated heterocycles. The molecular weight excluding hydrogens is 379 g/mol. The van der Waals surface area contributed by atoms with Crippen LogP contribution in [0.25, 0.3) is 0 Å². The number of nitrogens with zero attached hydrogens (tertiary/aromatic N) is 1. The summed E-state index contributed by atoms with van der Waals surface area (Å²) in [6.45, 7) is 1.12. The summed E-state index contributed by atoms with van der Waals surface area (Å²) in [4.78, 5) is 36.9. The monoisotopic (exact) mass is 394 g/mol. The van der Waals surface area contributed by atoms with Gasteiger partial charge < -0.3 is 15.0 Å². The van der Waals surface area contributed by atoms with E-state index in [1.165, 1.54) is 37.1 Å². The molecule has 0 aliphatic heterocycles. The molecule has 6 nitrogen and oxygen atoms in total. The highest BCUT2D eigenvalue weighted by atomic mass is 35.5. The van der Waals surface area contributed by atoms with Crippen molar-refractivity contribution in [2.45, 2.75) is 6.92 Å². The summed E-state index contributed by atoms with van der Waals surface area (Å²) in [6, 6.07) is 10.8. The molecule has 8 heteroatoms. The molecule has 0 aromatic heterocycles. The van der Waals surface area contributed by atoms with Gasteiger partial charge in [-0.05, 0) is 42.5 Å². The number of halogens is 2. The number of ether oxygens (including phenoxy) is 1. The molecule has 136 valence electrons. The van der Waals surface area contributed by atoms with Crippen LogP contribution in [-0.4, -0.2) is 31.4 Å². The van der Waals surface area contributed by atoms with Crippen molar-refractivity contribution in [2.24, 2.45) is 0 Å². The van der Waals surface area contributed by atoms with E-state index in [0.717, 1.165) is 0 Å². The lowest BCUT2D eigenvalue weighted by molar-refractivity contribution is -0.120. The van der Waals surface area contributed by atoms with Crippen molar-refractivity contribution in [3.05, 3.63) is 58.1 Å². The number of esters is 1. The van der Waals surface area contributed by atoms with Crippen LogP contribution in [0.2, 0.25) is 10.0 Å².